The van der Waals surface area contributed by atoms with Crippen LogP contribution in [-0.4, -0.2) is 8.42 Å². The van der Waals surface area contributed by atoms with Gasteiger partial charge in [-0.3, -0.25) is 0 Å². The van der Waals surface area contributed by atoms with Gasteiger partial charge in [0.15, 0.2) is 10.7 Å². The molecule has 0 aromatic heterocycles. The fourth-order valence-electron chi connectivity index (χ4n) is 1.67. The van der Waals surface area contributed by atoms with Gasteiger partial charge in [0.25, 0.3) is 0 Å². The number of allylic oxidation sites excluding steroid dienone is 1. The van der Waals surface area contributed by atoms with Gasteiger partial charge in [0.05, 0.1) is 15.6 Å². The van der Waals surface area contributed by atoms with Crippen LogP contribution in [0.25, 0.3) is 0 Å². The Bertz CT molecular complexity index is 904. The third-order valence-electron chi connectivity index (χ3n) is 2.83. The van der Waals surface area contributed by atoms with Crippen LogP contribution >= 0.6 is 23.2 Å². The van der Waals surface area contributed by atoms with Crippen molar-refractivity contribution >= 4 is 38.7 Å². The molecule has 2 rings (SSSR count). The molecule has 0 saturated carbocycles. The van der Waals surface area contributed by atoms with Gasteiger partial charge >= 0.3 is 0 Å². The second kappa shape index (κ2) is 7.01. The predicted octanol–water partition coefficient (Wildman–Crippen LogP) is 4.38. The molecule has 0 heterocycles. The summed E-state index contributed by atoms with van der Waals surface area (Å²) in [6.45, 7) is 0. The van der Waals surface area contributed by atoms with E-state index in [2.05, 4.69) is 5.32 Å². The van der Waals surface area contributed by atoms with Crippen molar-refractivity contribution in [3.63, 3.8) is 0 Å². The Kier molecular flexibility index (Phi) is 5.26. The monoisotopic (exact) mass is 370 g/mol. The summed E-state index contributed by atoms with van der Waals surface area (Å²) in [4.78, 5) is -0.665. The number of nitriles is 1. The lowest BCUT2D eigenvalue weighted by Crippen LogP contribution is -2.06. The number of nitrogens with zero attached hydrogens (tertiary/aromatic N) is 1. The number of sulfone groups is 1. The summed E-state index contributed by atoms with van der Waals surface area (Å²) < 4.78 is 38.5. The van der Waals surface area contributed by atoms with Crippen molar-refractivity contribution < 1.29 is 12.8 Å². The van der Waals surface area contributed by atoms with Crippen molar-refractivity contribution in [2.75, 3.05) is 5.32 Å². The van der Waals surface area contributed by atoms with Crippen molar-refractivity contribution in [1.29, 1.82) is 5.26 Å². The van der Waals surface area contributed by atoms with Crippen LogP contribution in [0.5, 0.6) is 0 Å². The first-order chi connectivity index (χ1) is 10.9. The smallest absolute Gasteiger partial charge is 0.218 e. The van der Waals surface area contributed by atoms with Gasteiger partial charge in [0, 0.05) is 11.2 Å². The van der Waals surface area contributed by atoms with E-state index in [1.165, 1.54) is 42.5 Å². The van der Waals surface area contributed by atoms with E-state index in [1.54, 1.807) is 6.07 Å². The van der Waals surface area contributed by atoms with Crippen molar-refractivity contribution in [2.45, 2.75) is 4.90 Å². The number of nitrogens with one attached hydrogen (secondary N) is 1. The zero-order valence-corrected chi connectivity index (χ0v) is 13.8. The van der Waals surface area contributed by atoms with Crippen molar-refractivity contribution in [2.24, 2.45) is 0 Å². The third-order valence-corrected chi connectivity index (χ3v) is 5.06. The van der Waals surface area contributed by atoms with Crippen LogP contribution in [0.3, 0.4) is 0 Å². The minimum Gasteiger partial charge on any atom is -0.357 e. The topological polar surface area (TPSA) is 70.0 Å². The molecule has 0 atom stereocenters. The van der Waals surface area contributed by atoms with E-state index in [1.807, 2.05) is 0 Å². The molecule has 8 heteroatoms. The molecule has 0 saturated heterocycles. The first kappa shape index (κ1) is 17.3. The summed E-state index contributed by atoms with van der Waals surface area (Å²) in [5.41, 5.74) is -0.0449. The highest BCUT2D eigenvalue weighted by Crippen LogP contribution is 2.24. The molecule has 23 heavy (non-hydrogen) atoms. The molecule has 2 aromatic carbocycles. The highest BCUT2D eigenvalue weighted by molar-refractivity contribution is 7.95. The summed E-state index contributed by atoms with van der Waals surface area (Å²) >= 11 is 11.3. The zero-order chi connectivity index (χ0) is 17.0. The molecule has 0 radical (unpaired) electrons. The average molecular weight is 371 g/mol. The van der Waals surface area contributed by atoms with E-state index < -0.39 is 20.6 Å². The number of anilines is 1. The zero-order valence-electron chi connectivity index (χ0n) is 11.4. The maximum absolute atomic E-state index is 13.7. The quantitative estimate of drug-likeness (QED) is 0.810. The number of hydrogen-bond donors (Lipinski definition) is 1. The highest BCUT2D eigenvalue weighted by Gasteiger charge is 2.21. The largest absolute Gasteiger partial charge is 0.357 e. The van der Waals surface area contributed by atoms with E-state index >= 15 is 0 Å². The fourth-order valence-corrected chi connectivity index (χ4v) is 3.05. The Morgan fingerprint density at radius 1 is 1.17 bits per heavy atom. The number of halogens is 3. The number of hydrogen-bond acceptors (Lipinski definition) is 4. The molecule has 0 spiro atoms. The minimum atomic E-state index is -4.04. The second-order valence-electron chi connectivity index (χ2n) is 4.32. The second-order valence-corrected chi connectivity index (χ2v) is 7.09. The average Bonchev–Trinajstić information content (AvgIpc) is 2.52. The molecule has 0 amide bonds. The van der Waals surface area contributed by atoms with Crippen LogP contribution in [0.4, 0.5) is 10.1 Å². The van der Waals surface area contributed by atoms with Gasteiger partial charge in [0.1, 0.15) is 6.07 Å². The van der Waals surface area contributed by atoms with Crippen molar-refractivity contribution in [3.05, 3.63) is 69.4 Å². The Morgan fingerprint density at radius 2 is 1.83 bits per heavy atom. The molecule has 1 N–H and O–H groups in total. The molecule has 4 nitrogen and oxygen atoms in total. The summed E-state index contributed by atoms with van der Waals surface area (Å²) in [7, 11) is -4.04. The summed E-state index contributed by atoms with van der Waals surface area (Å²) in [5.74, 6) is -0.744. The normalized spacial score (nSPS) is 11.8. The predicted molar refractivity (Wildman–Crippen MR) is 87.4 cm³/mol. The molecule has 0 bridgehead atoms. The summed E-state index contributed by atoms with van der Waals surface area (Å²) in [6, 6.07) is 11.1. The number of benzene rings is 2. The maximum atomic E-state index is 13.7. The molecule has 0 aliphatic rings. The molecular formula is C15H9Cl2FN2O2S. The van der Waals surface area contributed by atoms with Gasteiger partial charge in [-0.2, -0.15) is 5.26 Å². The molecule has 0 aliphatic carbocycles. The van der Waals surface area contributed by atoms with Crippen molar-refractivity contribution in [1.82, 2.24) is 0 Å². The SMILES string of the molecule is N#CC(=CNc1cccc(Cl)c1F)S(=O)(=O)c1ccc(Cl)cc1. The van der Waals surface area contributed by atoms with Gasteiger partial charge < -0.3 is 5.32 Å². The van der Waals surface area contributed by atoms with Crippen LogP contribution in [0, 0.1) is 17.1 Å². The van der Waals surface area contributed by atoms with Crippen LogP contribution in [0.1, 0.15) is 0 Å². The van der Waals surface area contributed by atoms with Gasteiger partial charge in [-0.25, -0.2) is 12.8 Å². The van der Waals surface area contributed by atoms with E-state index in [9.17, 15) is 12.8 Å². The fraction of sp³-hybridized carbons (Fsp3) is 0. The van der Waals surface area contributed by atoms with E-state index in [4.69, 9.17) is 28.5 Å². The van der Waals surface area contributed by atoms with Crippen molar-refractivity contribution in [3.8, 4) is 6.07 Å². The van der Waals surface area contributed by atoms with Crippen LogP contribution in [0.15, 0.2) is 58.5 Å². The first-order valence-electron chi connectivity index (χ1n) is 6.17. The molecule has 0 unspecified atom stereocenters. The Labute approximate surface area is 142 Å². The first-order valence-corrected chi connectivity index (χ1v) is 8.41. The van der Waals surface area contributed by atoms with Gasteiger partial charge in [-0.05, 0) is 36.4 Å². The maximum Gasteiger partial charge on any atom is 0.218 e. The van der Waals surface area contributed by atoms with E-state index in [0.29, 0.717) is 5.02 Å². The van der Waals surface area contributed by atoms with E-state index in [-0.39, 0.29) is 15.6 Å². The molecular weight excluding hydrogens is 362 g/mol. The Morgan fingerprint density at radius 3 is 2.43 bits per heavy atom. The van der Waals surface area contributed by atoms with Gasteiger partial charge in [-0.15, -0.1) is 0 Å². The van der Waals surface area contributed by atoms with Crippen LogP contribution < -0.4 is 5.32 Å². The highest BCUT2D eigenvalue weighted by atomic mass is 35.5. The lowest BCUT2D eigenvalue weighted by atomic mass is 10.3. The Hall–Kier alpha value is -2.07. The molecule has 2 aromatic rings. The van der Waals surface area contributed by atoms with Gasteiger partial charge in [-0.1, -0.05) is 29.3 Å². The summed E-state index contributed by atoms with van der Waals surface area (Å²) in [6.07, 6.45) is 0.915. The molecule has 0 aliphatic heterocycles. The summed E-state index contributed by atoms with van der Waals surface area (Å²) in [5, 5.41) is 11.8. The molecule has 0 fully saturated rings. The van der Waals surface area contributed by atoms with Crippen LogP contribution in [0.2, 0.25) is 10.0 Å². The third kappa shape index (κ3) is 3.82. The number of rotatable bonds is 4. The Balaban J connectivity index is 2.37. The lowest BCUT2D eigenvalue weighted by Gasteiger charge is -2.06. The van der Waals surface area contributed by atoms with E-state index in [0.717, 1.165) is 6.20 Å². The minimum absolute atomic E-state index is 0.0449. The molecule has 118 valence electrons. The van der Waals surface area contributed by atoms with Crippen LogP contribution in [-0.2, 0) is 9.84 Å². The standard InChI is InChI=1S/C15H9Cl2FN2O2S/c16-10-4-6-11(7-5-10)23(21,22)12(8-19)9-20-14-3-1-2-13(17)15(14)18/h1-7,9,20H. The van der Waals surface area contributed by atoms with Gasteiger partial charge in [0.2, 0.25) is 9.84 Å². The lowest BCUT2D eigenvalue weighted by molar-refractivity contribution is 0.603.